The van der Waals surface area contributed by atoms with E-state index in [1.54, 1.807) is 10.7 Å². The molecule has 1 N–H and O–H groups in total. The Hall–Kier alpha value is -1.29. The van der Waals surface area contributed by atoms with E-state index < -0.39 is 0 Å². The highest BCUT2D eigenvalue weighted by Gasteiger charge is 2.26. The van der Waals surface area contributed by atoms with E-state index in [-0.39, 0.29) is 5.56 Å². The number of rotatable bonds is 2. The minimum absolute atomic E-state index is 0.0178. The molecule has 0 saturated heterocycles. The fraction of sp³-hybridized carbons (Fsp3) is 0.250. The lowest BCUT2D eigenvalue weighted by atomic mass is 10.3. The molecule has 0 bridgehead atoms. The summed E-state index contributed by atoms with van der Waals surface area (Å²) in [5.41, 5.74) is 1.96. The van der Waals surface area contributed by atoms with Gasteiger partial charge in [-0.1, -0.05) is 15.9 Å². The van der Waals surface area contributed by atoms with Crippen molar-refractivity contribution in [3.8, 4) is 5.69 Å². The van der Waals surface area contributed by atoms with Crippen LogP contribution in [0.4, 0.5) is 0 Å². The minimum Gasteiger partial charge on any atom is -0.295 e. The van der Waals surface area contributed by atoms with Gasteiger partial charge >= 0.3 is 0 Å². The summed E-state index contributed by atoms with van der Waals surface area (Å²) in [6.07, 6.45) is 2.39. The van der Waals surface area contributed by atoms with Gasteiger partial charge in [-0.05, 0) is 37.1 Å². The van der Waals surface area contributed by atoms with E-state index in [1.807, 2.05) is 24.3 Å². The van der Waals surface area contributed by atoms with Crippen LogP contribution in [-0.2, 0) is 0 Å². The Morgan fingerprint density at radius 3 is 2.56 bits per heavy atom. The molecule has 1 fully saturated rings. The molecule has 1 aliphatic rings. The van der Waals surface area contributed by atoms with Gasteiger partial charge in [0.15, 0.2) is 0 Å². The number of nitrogens with one attached hydrogen (secondary N) is 1. The van der Waals surface area contributed by atoms with Crippen molar-refractivity contribution in [1.82, 2.24) is 9.78 Å². The molecule has 1 heterocycles. The van der Waals surface area contributed by atoms with Crippen LogP contribution in [0.5, 0.6) is 0 Å². The topological polar surface area (TPSA) is 37.8 Å². The molecule has 0 spiro atoms. The summed E-state index contributed by atoms with van der Waals surface area (Å²) in [4.78, 5) is 11.8. The highest BCUT2D eigenvalue weighted by atomic mass is 79.9. The van der Waals surface area contributed by atoms with Crippen molar-refractivity contribution < 1.29 is 0 Å². The molecule has 0 atom stereocenters. The van der Waals surface area contributed by atoms with Crippen LogP contribution in [0, 0.1) is 0 Å². The van der Waals surface area contributed by atoms with Gasteiger partial charge in [-0.15, -0.1) is 0 Å². The van der Waals surface area contributed by atoms with Crippen LogP contribution >= 0.6 is 15.9 Å². The van der Waals surface area contributed by atoms with Gasteiger partial charge in [0.05, 0.1) is 5.69 Å². The second-order valence-corrected chi connectivity index (χ2v) is 5.05. The van der Waals surface area contributed by atoms with E-state index >= 15 is 0 Å². The van der Waals surface area contributed by atoms with Crippen LogP contribution in [-0.4, -0.2) is 9.78 Å². The molecule has 82 valence electrons. The third-order valence-electron chi connectivity index (χ3n) is 2.84. The molecular weight excluding hydrogens is 268 g/mol. The second-order valence-electron chi connectivity index (χ2n) is 4.14. The number of aromatic nitrogens is 2. The monoisotopic (exact) mass is 278 g/mol. The van der Waals surface area contributed by atoms with Gasteiger partial charge in [-0.3, -0.25) is 9.89 Å². The predicted molar refractivity (Wildman–Crippen MR) is 66.1 cm³/mol. The molecule has 3 rings (SSSR count). The summed E-state index contributed by atoms with van der Waals surface area (Å²) in [5, 5.41) is 3.17. The number of nitrogens with zero attached hydrogens (tertiary/aromatic N) is 1. The van der Waals surface area contributed by atoms with Crippen LogP contribution in [0.1, 0.15) is 24.5 Å². The van der Waals surface area contributed by atoms with E-state index in [1.165, 1.54) is 12.8 Å². The molecule has 4 heteroatoms. The normalized spacial score (nSPS) is 15.3. The molecule has 1 aromatic heterocycles. The molecule has 1 aliphatic carbocycles. The summed E-state index contributed by atoms with van der Waals surface area (Å²) in [5.74, 6) is 0.574. The molecule has 0 aliphatic heterocycles. The Labute approximate surface area is 101 Å². The Bertz CT molecular complexity index is 563. The number of halogens is 1. The van der Waals surface area contributed by atoms with Crippen LogP contribution in [0.15, 0.2) is 39.6 Å². The summed E-state index contributed by atoms with van der Waals surface area (Å²) in [6.45, 7) is 0. The molecule has 0 unspecified atom stereocenters. The van der Waals surface area contributed by atoms with E-state index in [4.69, 9.17) is 0 Å². The summed E-state index contributed by atoms with van der Waals surface area (Å²) in [6, 6.07) is 9.40. The lowest BCUT2D eigenvalue weighted by molar-refractivity contribution is 0.816. The maximum atomic E-state index is 11.8. The second kappa shape index (κ2) is 3.63. The fourth-order valence-corrected chi connectivity index (χ4v) is 2.06. The van der Waals surface area contributed by atoms with Gasteiger partial charge in [0, 0.05) is 22.2 Å². The lowest BCUT2D eigenvalue weighted by Crippen LogP contribution is -2.13. The first-order valence-electron chi connectivity index (χ1n) is 5.32. The first-order valence-corrected chi connectivity index (χ1v) is 6.11. The summed E-state index contributed by atoms with van der Waals surface area (Å²) >= 11 is 3.38. The molecular formula is C12H11BrN2O. The van der Waals surface area contributed by atoms with Crippen LogP contribution < -0.4 is 5.56 Å². The van der Waals surface area contributed by atoms with Gasteiger partial charge in [0.1, 0.15) is 0 Å². The largest absolute Gasteiger partial charge is 0.295 e. The zero-order valence-electron chi connectivity index (χ0n) is 8.61. The van der Waals surface area contributed by atoms with Crippen molar-refractivity contribution >= 4 is 15.9 Å². The standard InChI is InChI=1S/C12H11BrN2O/c13-9-3-5-10(6-4-9)15-12(16)7-11(14-15)8-1-2-8/h3-8,14H,1-2H2. The molecule has 2 aromatic rings. The van der Waals surface area contributed by atoms with Crippen LogP contribution in [0.2, 0.25) is 0 Å². The minimum atomic E-state index is 0.0178. The first kappa shape index (κ1) is 9.90. The Morgan fingerprint density at radius 2 is 1.94 bits per heavy atom. The summed E-state index contributed by atoms with van der Waals surface area (Å²) in [7, 11) is 0. The number of benzene rings is 1. The lowest BCUT2D eigenvalue weighted by Gasteiger charge is -2.01. The molecule has 0 radical (unpaired) electrons. The Balaban J connectivity index is 2.05. The van der Waals surface area contributed by atoms with Crippen LogP contribution in [0.3, 0.4) is 0 Å². The molecule has 16 heavy (non-hydrogen) atoms. The van der Waals surface area contributed by atoms with Gasteiger partial charge in [0.2, 0.25) is 0 Å². The van der Waals surface area contributed by atoms with Gasteiger partial charge in [-0.2, -0.15) is 0 Å². The predicted octanol–water partition coefficient (Wildman–Crippen LogP) is 2.81. The number of hydrogen-bond donors (Lipinski definition) is 1. The van der Waals surface area contributed by atoms with Crippen LogP contribution in [0.25, 0.3) is 5.69 Å². The summed E-state index contributed by atoms with van der Waals surface area (Å²) < 4.78 is 2.61. The van der Waals surface area contributed by atoms with Crippen molar-refractivity contribution in [2.75, 3.05) is 0 Å². The molecule has 1 aromatic carbocycles. The van der Waals surface area contributed by atoms with E-state index in [0.717, 1.165) is 15.9 Å². The Morgan fingerprint density at radius 1 is 1.25 bits per heavy atom. The maximum Gasteiger partial charge on any atom is 0.271 e. The van der Waals surface area contributed by atoms with E-state index in [9.17, 15) is 4.79 Å². The van der Waals surface area contributed by atoms with Crippen molar-refractivity contribution in [2.45, 2.75) is 18.8 Å². The highest BCUT2D eigenvalue weighted by molar-refractivity contribution is 9.10. The number of H-pyrrole nitrogens is 1. The SMILES string of the molecule is O=c1cc(C2CC2)[nH]n1-c1ccc(Br)cc1. The van der Waals surface area contributed by atoms with Crippen molar-refractivity contribution in [3.05, 3.63) is 50.9 Å². The quantitative estimate of drug-likeness (QED) is 0.901. The Kier molecular flexibility index (Phi) is 2.24. The number of hydrogen-bond acceptors (Lipinski definition) is 1. The maximum absolute atomic E-state index is 11.8. The highest BCUT2D eigenvalue weighted by Crippen LogP contribution is 2.38. The molecule has 1 saturated carbocycles. The smallest absolute Gasteiger partial charge is 0.271 e. The fourth-order valence-electron chi connectivity index (χ4n) is 1.80. The van der Waals surface area contributed by atoms with Gasteiger partial charge < -0.3 is 0 Å². The number of aromatic amines is 1. The molecule has 3 nitrogen and oxygen atoms in total. The zero-order valence-corrected chi connectivity index (χ0v) is 10.2. The average molecular weight is 279 g/mol. The van der Waals surface area contributed by atoms with Gasteiger partial charge in [0.25, 0.3) is 5.56 Å². The third-order valence-corrected chi connectivity index (χ3v) is 3.37. The zero-order chi connectivity index (χ0) is 11.1. The third kappa shape index (κ3) is 1.73. The van der Waals surface area contributed by atoms with Crippen molar-refractivity contribution in [2.24, 2.45) is 0 Å². The average Bonchev–Trinajstić information content (AvgIpc) is 3.04. The van der Waals surface area contributed by atoms with E-state index in [2.05, 4.69) is 21.0 Å². The van der Waals surface area contributed by atoms with Gasteiger partial charge in [-0.25, -0.2) is 4.68 Å². The van der Waals surface area contributed by atoms with E-state index in [0.29, 0.717) is 5.92 Å². The van der Waals surface area contributed by atoms with Crippen molar-refractivity contribution in [1.29, 1.82) is 0 Å². The first-order chi connectivity index (χ1) is 7.74. The molecule has 0 amide bonds. The van der Waals surface area contributed by atoms with Crippen molar-refractivity contribution in [3.63, 3.8) is 0 Å².